The van der Waals surface area contributed by atoms with Gasteiger partial charge in [0.15, 0.2) is 5.78 Å². The van der Waals surface area contributed by atoms with Gasteiger partial charge in [-0.1, -0.05) is 0 Å². The number of hydrogen-bond donors (Lipinski definition) is 0. The van der Waals surface area contributed by atoms with Gasteiger partial charge in [-0.2, -0.15) is 0 Å². The normalized spacial score (nSPS) is 11.7. The summed E-state index contributed by atoms with van der Waals surface area (Å²) in [6, 6.07) is 1.95. The maximum Gasteiger partial charge on any atom is 0.169 e. The fourth-order valence-electron chi connectivity index (χ4n) is 0.924. The molecular weight excluding hydrogens is 264 g/mol. The molecule has 1 aromatic heterocycles. The number of ether oxygens (including phenoxy) is 1. The van der Waals surface area contributed by atoms with E-state index in [4.69, 9.17) is 4.74 Å². The molecule has 0 radical (unpaired) electrons. The van der Waals surface area contributed by atoms with Crippen molar-refractivity contribution in [3.8, 4) is 0 Å². The second kappa shape index (κ2) is 4.55. The number of carbonyl (C=O) groups is 1. The molecule has 0 aliphatic rings. The van der Waals surface area contributed by atoms with Crippen LogP contribution in [0.4, 0.5) is 0 Å². The van der Waals surface area contributed by atoms with Gasteiger partial charge in [-0.05, 0) is 41.2 Å². The number of Topliss-reactive ketones (excluding diaryl/α,β-unsaturated/α-hetero) is 1. The predicted molar refractivity (Wildman–Crippen MR) is 61.8 cm³/mol. The third kappa shape index (κ3) is 2.65. The van der Waals surface area contributed by atoms with Gasteiger partial charge in [0.1, 0.15) is 5.60 Å². The predicted octanol–water partition coefficient (Wildman–Crippen LogP) is 3.05. The lowest BCUT2D eigenvalue weighted by Gasteiger charge is -2.20. The molecule has 0 saturated heterocycles. The van der Waals surface area contributed by atoms with Crippen molar-refractivity contribution in [3.63, 3.8) is 0 Å². The molecule has 0 atom stereocenters. The Morgan fingerprint density at radius 2 is 2.29 bits per heavy atom. The largest absolute Gasteiger partial charge is 0.371 e. The average Bonchev–Trinajstić information content (AvgIpc) is 2.52. The molecule has 0 aliphatic heterocycles. The summed E-state index contributed by atoms with van der Waals surface area (Å²) >= 11 is 4.98. The summed E-state index contributed by atoms with van der Waals surface area (Å²) in [5, 5.41) is 1.96. The van der Waals surface area contributed by atoms with Crippen molar-refractivity contribution in [3.05, 3.63) is 20.8 Å². The third-order valence-corrected chi connectivity index (χ3v) is 4.12. The summed E-state index contributed by atoms with van der Waals surface area (Å²) < 4.78 is 6.13. The Kier molecular flexibility index (Phi) is 3.86. The zero-order chi connectivity index (χ0) is 10.8. The van der Waals surface area contributed by atoms with E-state index in [1.54, 1.807) is 32.3 Å². The number of hydrogen-bond acceptors (Lipinski definition) is 3. The number of methoxy groups -OCH3 is 1. The highest BCUT2D eigenvalue weighted by Crippen LogP contribution is 2.25. The maximum atomic E-state index is 11.8. The Morgan fingerprint density at radius 3 is 2.71 bits per heavy atom. The molecule has 78 valence electrons. The van der Waals surface area contributed by atoms with Crippen LogP contribution in [-0.4, -0.2) is 18.5 Å². The van der Waals surface area contributed by atoms with Gasteiger partial charge in [-0.3, -0.25) is 4.79 Å². The van der Waals surface area contributed by atoms with E-state index < -0.39 is 5.60 Å². The summed E-state index contributed by atoms with van der Waals surface area (Å²) in [7, 11) is 1.56. The van der Waals surface area contributed by atoms with Crippen molar-refractivity contribution in [2.75, 3.05) is 7.11 Å². The summed E-state index contributed by atoms with van der Waals surface area (Å²) in [4.78, 5) is 12.8. The summed E-state index contributed by atoms with van der Waals surface area (Å²) in [6.45, 7) is 3.58. The smallest absolute Gasteiger partial charge is 0.169 e. The van der Waals surface area contributed by atoms with Crippen LogP contribution in [0.2, 0.25) is 0 Å². The maximum absolute atomic E-state index is 11.8. The number of halogens is 1. The Bertz CT molecular complexity index is 331. The second-order valence-electron chi connectivity index (χ2n) is 3.51. The molecule has 0 aliphatic carbocycles. The zero-order valence-corrected chi connectivity index (χ0v) is 10.9. The molecule has 2 nitrogen and oxygen atoms in total. The van der Waals surface area contributed by atoms with Gasteiger partial charge in [0.05, 0.1) is 0 Å². The van der Waals surface area contributed by atoms with Gasteiger partial charge in [-0.15, -0.1) is 11.3 Å². The quantitative estimate of drug-likeness (QED) is 0.845. The lowest BCUT2D eigenvalue weighted by atomic mass is 10.0. The van der Waals surface area contributed by atoms with Crippen LogP contribution in [-0.2, 0) is 16.0 Å². The van der Waals surface area contributed by atoms with Crippen LogP contribution in [0, 0.1) is 0 Å². The lowest BCUT2D eigenvalue weighted by molar-refractivity contribution is -0.136. The second-order valence-corrected chi connectivity index (χ2v) is 5.36. The van der Waals surface area contributed by atoms with Crippen LogP contribution < -0.4 is 0 Å². The van der Waals surface area contributed by atoms with Crippen molar-refractivity contribution in [1.82, 2.24) is 0 Å². The molecule has 0 aromatic carbocycles. The van der Waals surface area contributed by atoms with Crippen molar-refractivity contribution >= 4 is 33.0 Å². The standard InChI is InChI=1S/C10H13BrO2S/c1-10(2,13-3)9(12)6-8-7(11)4-5-14-8/h4-5H,6H2,1-3H3. The highest BCUT2D eigenvalue weighted by atomic mass is 79.9. The van der Waals surface area contributed by atoms with E-state index in [0.717, 1.165) is 9.35 Å². The first-order valence-electron chi connectivity index (χ1n) is 4.27. The van der Waals surface area contributed by atoms with Gasteiger partial charge in [-0.25, -0.2) is 0 Å². The van der Waals surface area contributed by atoms with E-state index in [0.29, 0.717) is 6.42 Å². The number of carbonyl (C=O) groups excluding carboxylic acids is 1. The minimum absolute atomic E-state index is 0.100. The highest BCUT2D eigenvalue weighted by molar-refractivity contribution is 9.10. The van der Waals surface area contributed by atoms with E-state index in [9.17, 15) is 4.79 Å². The third-order valence-electron chi connectivity index (χ3n) is 2.19. The van der Waals surface area contributed by atoms with Crippen LogP contribution >= 0.6 is 27.3 Å². The van der Waals surface area contributed by atoms with Gasteiger partial charge in [0, 0.05) is 22.9 Å². The van der Waals surface area contributed by atoms with Crippen molar-refractivity contribution in [2.45, 2.75) is 25.9 Å². The fourth-order valence-corrected chi connectivity index (χ4v) is 2.41. The topological polar surface area (TPSA) is 26.3 Å². The van der Waals surface area contributed by atoms with Crippen molar-refractivity contribution < 1.29 is 9.53 Å². The van der Waals surface area contributed by atoms with E-state index in [1.165, 1.54) is 0 Å². The molecule has 14 heavy (non-hydrogen) atoms. The molecule has 0 fully saturated rings. The number of thiophene rings is 1. The molecule has 1 rings (SSSR count). The molecule has 1 aromatic rings. The van der Waals surface area contributed by atoms with Crippen molar-refractivity contribution in [1.29, 1.82) is 0 Å². The van der Waals surface area contributed by atoms with Crippen LogP contribution in [0.25, 0.3) is 0 Å². The molecule has 0 unspecified atom stereocenters. The minimum Gasteiger partial charge on any atom is -0.371 e. The van der Waals surface area contributed by atoms with Crippen LogP contribution in [0.5, 0.6) is 0 Å². The molecule has 1 heterocycles. The first-order valence-corrected chi connectivity index (χ1v) is 5.95. The molecule has 0 bridgehead atoms. The minimum atomic E-state index is -0.691. The SMILES string of the molecule is COC(C)(C)C(=O)Cc1sccc1Br. The fraction of sp³-hybridized carbons (Fsp3) is 0.500. The van der Waals surface area contributed by atoms with Crippen LogP contribution in [0.15, 0.2) is 15.9 Å². The molecular formula is C10H13BrO2S. The molecule has 4 heteroatoms. The van der Waals surface area contributed by atoms with E-state index in [-0.39, 0.29) is 5.78 Å². The monoisotopic (exact) mass is 276 g/mol. The van der Waals surface area contributed by atoms with Crippen LogP contribution in [0.3, 0.4) is 0 Å². The Labute approximate surface area is 96.4 Å². The molecule has 0 spiro atoms. The first-order chi connectivity index (χ1) is 6.47. The number of ketones is 1. The van der Waals surface area contributed by atoms with Gasteiger partial charge >= 0.3 is 0 Å². The molecule has 0 amide bonds. The number of rotatable bonds is 4. The average molecular weight is 277 g/mol. The van der Waals surface area contributed by atoms with Crippen molar-refractivity contribution in [2.24, 2.45) is 0 Å². The molecule has 0 N–H and O–H groups in total. The Balaban J connectivity index is 2.71. The van der Waals surface area contributed by atoms with Gasteiger partial charge in [0.2, 0.25) is 0 Å². The van der Waals surface area contributed by atoms with E-state index in [1.807, 2.05) is 11.4 Å². The van der Waals surface area contributed by atoms with E-state index in [2.05, 4.69) is 15.9 Å². The van der Waals surface area contributed by atoms with Gasteiger partial charge < -0.3 is 4.74 Å². The molecule has 0 saturated carbocycles. The van der Waals surface area contributed by atoms with Gasteiger partial charge in [0.25, 0.3) is 0 Å². The van der Waals surface area contributed by atoms with Crippen LogP contribution in [0.1, 0.15) is 18.7 Å². The summed E-state index contributed by atoms with van der Waals surface area (Å²) in [5.74, 6) is 0.100. The Morgan fingerprint density at radius 1 is 1.64 bits per heavy atom. The highest BCUT2D eigenvalue weighted by Gasteiger charge is 2.27. The van der Waals surface area contributed by atoms with E-state index >= 15 is 0 Å². The Hall–Kier alpha value is -0.190. The first kappa shape index (κ1) is 11.9. The lowest BCUT2D eigenvalue weighted by Crippen LogP contribution is -2.34. The zero-order valence-electron chi connectivity index (χ0n) is 8.46. The summed E-state index contributed by atoms with van der Waals surface area (Å²) in [6.07, 6.45) is 0.430. The summed E-state index contributed by atoms with van der Waals surface area (Å²) in [5.41, 5.74) is -0.691.